The van der Waals surface area contributed by atoms with Gasteiger partial charge in [-0.25, -0.2) is 0 Å². The summed E-state index contributed by atoms with van der Waals surface area (Å²) in [6.07, 6.45) is 0. The van der Waals surface area contributed by atoms with Crippen LogP contribution in [0.25, 0.3) is 0 Å². The lowest BCUT2D eigenvalue weighted by Gasteiger charge is -2.37. The number of amides is 2. The fourth-order valence-corrected chi connectivity index (χ4v) is 3.06. The lowest BCUT2D eigenvalue weighted by atomic mass is 10.0. The summed E-state index contributed by atoms with van der Waals surface area (Å²) in [6.45, 7) is 7.64. The summed E-state index contributed by atoms with van der Waals surface area (Å²) in [5.41, 5.74) is 4.98. The molecule has 1 aromatic heterocycles. The van der Waals surface area contributed by atoms with Gasteiger partial charge in [-0.3, -0.25) is 9.59 Å². The van der Waals surface area contributed by atoms with E-state index in [1.165, 1.54) is 11.3 Å². The van der Waals surface area contributed by atoms with Gasteiger partial charge in [0.15, 0.2) is 0 Å². The molecule has 0 aliphatic carbocycles. The molecule has 0 aromatic carbocycles. The van der Waals surface area contributed by atoms with Crippen molar-refractivity contribution in [3.63, 3.8) is 0 Å². The molecule has 0 saturated carbocycles. The van der Waals surface area contributed by atoms with E-state index in [1.807, 2.05) is 19.1 Å². The van der Waals surface area contributed by atoms with Gasteiger partial charge in [-0.1, -0.05) is 0 Å². The SMILES string of the molecule is Cc1ccc(C(=O)N2CCN(C(=O)C(C)(C)N)CC2)s1. The first-order valence-electron chi connectivity index (χ1n) is 6.73. The number of hydrogen-bond donors (Lipinski definition) is 1. The molecular weight excluding hydrogens is 274 g/mol. The molecule has 0 spiro atoms. The van der Waals surface area contributed by atoms with Crippen LogP contribution in [0.5, 0.6) is 0 Å². The molecule has 1 aromatic rings. The molecule has 0 unspecified atom stereocenters. The van der Waals surface area contributed by atoms with Crippen LogP contribution >= 0.6 is 11.3 Å². The van der Waals surface area contributed by atoms with Gasteiger partial charge < -0.3 is 15.5 Å². The molecule has 1 aliphatic heterocycles. The van der Waals surface area contributed by atoms with Gasteiger partial charge >= 0.3 is 0 Å². The third kappa shape index (κ3) is 3.19. The zero-order chi connectivity index (χ0) is 14.9. The second-order valence-corrected chi connectivity index (χ2v) is 7.00. The first-order valence-corrected chi connectivity index (χ1v) is 7.54. The lowest BCUT2D eigenvalue weighted by Crippen LogP contribution is -2.57. The fraction of sp³-hybridized carbons (Fsp3) is 0.571. The normalized spacial score (nSPS) is 16.4. The number of nitrogens with zero attached hydrogens (tertiary/aromatic N) is 2. The second kappa shape index (κ2) is 5.54. The number of rotatable bonds is 2. The Morgan fingerprint density at radius 1 is 1.15 bits per heavy atom. The zero-order valence-corrected chi connectivity index (χ0v) is 13.0. The zero-order valence-electron chi connectivity index (χ0n) is 12.2. The van der Waals surface area contributed by atoms with E-state index in [1.54, 1.807) is 23.6 Å². The quantitative estimate of drug-likeness (QED) is 0.888. The van der Waals surface area contributed by atoms with E-state index in [9.17, 15) is 9.59 Å². The molecular formula is C14H21N3O2S. The minimum atomic E-state index is -0.850. The highest BCUT2D eigenvalue weighted by Crippen LogP contribution is 2.18. The van der Waals surface area contributed by atoms with Gasteiger partial charge in [0.2, 0.25) is 5.91 Å². The third-order valence-corrected chi connectivity index (χ3v) is 4.35. The van der Waals surface area contributed by atoms with Crippen molar-refractivity contribution in [2.75, 3.05) is 26.2 Å². The molecule has 2 heterocycles. The van der Waals surface area contributed by atoms with Crippen molar-refractivity contribution in [3.8, 4) is 0 Å². The van der Waals surface area contributed by atoms with Crippen LogP contribution < -0.4 is 5.73 Å². The van der Waals surface area contributed by atoms with Crippen LogP contribution in [0, 0.1) is 6.92 Å². The van der Waals surface area contributed by atoms with Crippen molar-refractivity contribution in [2.24, 2.45) is 5.73 Å². The van der Waals surface area contributed by atoms with Crippen LogP contribution in [-0.4, -0.2) is 53.3 Å². The molecule has 110 valence electrons. The Labute approximate surface area is 123 Å². The largest absolute Gasteiger partial charge is 0.338 e. The van der Waals surface area contributed by atoms with Crippen LogP contribution in [0.4, 0.5) is 0 Å². The van der Waals surface area contributed by atoms with Gasteiger partial charge in [-0.15, -0.1) is 11.3 Å². The summed E-state index contributed by atoms with van der Waals surface area (Å²) < 4.78 is 0. The Morgan fingerprint density at radius 2 is 1.70 bits per heavy atom. The summed E-state index contributed by atoms with van der Waals surface area (Å²) in [5.74, 6) is -0.00113. The number of piperazine rings is 1. The molecule has 0 bridgehead atoms. The standard InChI is InChI=1S/C14H21N3O2S/c1-10-4-5-11(20-10)12(18)16-6-8-17(9-7-16)13(19)14(2,3)15/h4-5H,6-9,15H2,1-3H3. The Balaban J connectivity index is 1.95. The number of hydrogen-bond acceptors (Lipinski definition) is 4. The summed E-state index contributed by atoms with van der Waals surface area (Å²) in [6, 6.07) is 3.82. The van der Waals surface area contributed by atoms with Gasteiger partial charge in [0.05, 0.1) is 10.4 Å². The fourth-order valence-electron chi connectivity index (χ4n) is 2.23. The molecule has 0 radical (unpaired) electrons. The van der Waals surface area contributed by atoms with Gasteiger partial charge in [0, 0.05) is 31.1 Å². The average Bonchev–Trinajstić information content (AvgIpc) is 2.83. The molecule has 2 amide bonds. The minimum Gasteiger partial charge on any atom is -0.338 e. The Bertz CT molecular complexity index is 511. The predicted octanol–water partition coefficient (Wildman–Crippen LogP) is 1.08. The van der Waals surface area contributed by atoms with E-state index >= 15 is 0 Å². The highest BCUT2D eigenvalue weighted by molar-refractivity contribution is 7.13. The Hall–Kier alpha value is -1.40. The molecule has 1 aliphatic rings. The van der Waals surface area contributed by atoms with E-state index in [0.717, 1.165) is 9.75 Å². The smallest absolute Gasteiger partial charge is 0.264 e. The number of thiophene rings is 1. The molecule has 20 heavy (non-hydrogen) atoms. The molecule has 2 N–H and O–H groups in total. The first-order chi connectivity index (χ1) is 9.29. The molecule has 0 atom stereocenters. The van der Waals surface area contributed by atoms with Crippen molar-refractivity contribution in [2.45, 2.75) is 26.3 Å². The van der Waals surface area contributed by atoms with Crippen molar-refractivity contribution < 1.29 is 9.59 Å². The summed E-state index contributed by atoms with van der Waals surface area (Å²) in [4.78, 5) is 29.8. The summed E-state index contributed by atoms with van der Waals surface area (Å²) in [5, 5.41) is 0. The predicted molar refractivity (Wildman–Crippen MR) is 79.8 cm³/mol. The third-order valence-electron chi connectivity index (χ3n) is 3.36. The summed E-state index contributed by atoms with van der Waals surface area (Å²) in [7, 11) is 0. The van der Waals surface area contributed by atoms with Crippen molar-refractivity contribution >= 4 is 23.2 Å². The van der Waals surface area contributed by atoms with Gasteiger partial charge in [-0.05, 0) is 32.9 Å². The maximum absolute atomic E-state index is 12.3. The van der Waals surface area contributed by atoms with Gasteiger partial charge in [-0.2, -0.15) is 0 Å². The van der Waals surface area contributed by atoms with Crippen molar-refractivity contribution in [3.05, 3.63) is 21.9 Å². The van der Waals surface area contributed by atoms with Crippen LogP contribution in [0.3, 0.4) is 0 Å². The maximum Gasteiger partial charge on any atom is 0.264 e. The van der Waals surface area contributed by atoms with Crippen LogP contribution in [0.1, 0.15) is 28.4 Å². The van der Waals surface area contributed by atoms with Gasteiger partial charge in [0.25, 0.3) is 5.91 Å². The molecule has 5 nitrogen and oxygen atoms in total. The second-order valence-electron chi connectivity index (χ2n) is 5.72. The Kier molecular flexibility index (Phi) is 4.15. The monoisotopic (exact) mass is 295 g/mol. The van der Waals surface area contributed by atoms with Crippen LogP contribution in [-0.2, 0) is 4.79 Å². The van der Waals surface area contributed by atoms with E-state index in [2.05, 4.69) is 0 Å². The van der Waals surface area contributed by atoms with Gasteiger partial charge in [0.1, 0.15) is 0 Å². The molecule has 6 heteroatoms. The van der Waals surface area contributed by atoms with E-state index < -0.39 is 5.54 Å². The maximum atomic E-state index is 12.3. The number of carbonyl (C=O) groups excluding carboxylic acids is 2. The first kappa shape index (κ1) is 15.0. The lowest BCUT2D eigenvalue weighted by molar-refractivity contribution is -0.137. The van der Waals surface area contributed by atoms with E-state index in [-0.39, 0.29) is 11.8 Å². The highest BCUT2D eigenvalue weighted by atomic mass is 32.1. The average molecular weight is 295 g/mol. The topological polar surface area (TPSA) is 66.6 Å². The Morgan fingerprint density at radius 3 is 2.15 bits per heavy atom. The molecule has 2 rings (SSSR count). The highest BCUT2D eigenvalue weighted by Gasteiger charge is 2.31. The number of nitrogens with two attached hydrogens (primary N) is 1. The van der Waals surface area contributed by atoms with Crippen molar-refractivity contribution in [1.29, 1.82) is 0 Å². The van der Waals surface area contributed by atoms with Crippen LogP contribution in [0.2, 0.25) is 0 Å². The van der Waals surface area contributed by atoms with E-state index in [0.29, 0.717) is 26.2 Å². The number of aryl methyl sites for hydroxylation is 1. The molecule has 1 saturated heterocycles. The minimum absolute atomic E-state index is 0.0576. The van der Waals surface area contributed by atoms with Crippen molar-refractivity contribution in [1.82, 2.24) is 9.80 Å². The molecule has 1 fully saturated rings. The summed E-state index contributed by atoms with van der Waals surface area (Å²) >= 11 is 1.51. The van der Waals surface area contributed by atoms with E-state index in [4.69, 9.17) is 5.73 Å². The number of carbonyl (C=O) groups is 2. The van der Waals surface area contributed by atoms with Crippen LogP contribution in [0.15, 0.2) is 12.1 Å².